The molecule has 1 aliphatic rings. The zero-order valence-corrected chi connectivity index (χ0v) is 15.3. The first kappa shape index (κ1) is 18.4. The van der Waals surface area contributed by atoms with E-state index in [9.17, 15) is 9.59 Å². The largest absolute Gasteiger partial charge is 0.353 e. The number of hydrogen-bond acceptors (Lipinski definition) is 4. The predicted molar refractivity (Wildman–Crippen MR) is 99.8 cm³/mol. The van der Waals surface area contributed by atoms with Gasteiger partial charge in [-0.15, -0.1) is 0 Å². The van der Waals surface area contributed by atoms with Gasteiger partial charge in [0.15, 0.2) is 0 Å². The van der Waals surface area contributed by atoms with Gasteiger partial charge >= 0.3 is 5.69 Å². The van der Waals surface area contributed by atoms with Crippen molar-refractivity contribution >= 4 is 5.91 Å². The van der Waals surface area contributed by atoms with Crippen molar-refractivity contribution in [3.63, 3.8) is 0 Å². The van der Waals surface area contributed by atoms with E-state index in [1.807, 2.05) is 18.2 Å². The molecule has 0 saturated carbocycles. The Morgan fingerprint density at radius 2 is 2.15 bits per heavy atom. The number of fused-ring (bicyclic) bond motifs is 1. The number of carbonyl (C=O) groups excluding carboxylic acids is 1. The number of aryl methyl sites for hydroxylation is 1. The molecule has 0 fully saturated rings. The second-order valence-corrected chi connectivity index (χ2v) is 6.72. The van der Waals surface area contributed by atoms with Crippen molar-refractivity contribution in [2.75, 3.05) is 19.6 Å². The van der Waals surface area contributed by atoms with Crippen molar-refractivity contribution in [3.8, 4) is 0 Å². The Morgan fingerprint density at radius 1 is 1.35 bits per heavy atom. The number of aromatic amines is 1. The lowest BCUT2D eigenvalue weighted by molar-refractivity contribution is -0.124. The maximum absolute atomic E-state index is 12.7. The summed E-state index contributed by atoms with van der Waals surface area (Å²) >= 11 is 0. The third-order valence-electron chi connectivity index (χ3n) is 4.94. The molecule has 2 N–H and O–H groups in total. The Bertz CT molecular complexity index is 768. The minimum Gasteiger partial charge on any atom is -0.353 e. The second-order valence-electron chi connectivity index (χ2n) is 6.72. The molecule has 7 heteroatoms. The van der Waals surface area contributed by atoms with Crippen LogP contribution in [0.25, 0.3) is 0 Å². The average molecular weight is 357 g/mol. The zero-order valence-electron chi connectivity index (χ0n) is 15.3. The molecule has 140 valence electrons. The Balaban J connectivity index is 1.55. The molecular weight excluding hydrogens is 330 g/mol. The molecule has 1 unspecified atom stereocenters. The van der Waals surface area contributed by atoms with E-state index in [0.29, 0.717) is 18.8 Å². The Morgan fingerprint density at radius 3 is 2.92 bits per heavy atom. The molecule has 3 rings (SSSR count). The molecule has 0 saturated heterocycles. The number of aromatic nitrogens is 3. The molecule has 1 aromatic heterocycles. The Hall–Kier alpha value is -2.41. The summed E-state index contributed by atoms with van der Waals surface area (Å²) in [6, 6.07) is 9.86. The van der Waals surface area contributed by atoms with Crippen molar-refractivity contribution in [1.29, 1.82) is 0 Å². The van der Waals surface area contributed by atoms with Crippen LogP contribution < -0.4 is 11.0 Å². The van der Waals surface area contributed by atoms with Gasteiger partial charge in [0.1, 0.15) is 11.9 Å². The monoisotopic (exact) mass is 357 g/mol. The molecule has 0 aliphatic carbocycles. The molecule has 2 heterocycles. The Kier molecular flexibility index (Phi) is 6.22. The fraction of sp³-hybridized carbons (Fsp3) is 0.526. The highest BCUT2D eigenvalue weighted by molar-refractivity contribution is 5.80. The van der Waals surface area contributed by atoms with E-state index in [1.54, 1.807) is 0 Å². The Labute approximate surface area is 153 Å². The fourth-order valence-electron chi connectivity index (χ4n) is 3.48. The van der Waals surface area contributed by atoms with Crippen LogP contribution >= 0.6 is 0 Å². The first-order valence-electron chi connectivity index (χ1n) is 9.38. The summed E-state index contributed by atoms with van der Waals surface area (Å²) in [6.45, 7) is 5.24. The molecule has 1 aliphatic heterocycles. The van der Waals surface area contributed by atoms with Gasteiger partial charge in [-0.05, 0) is 24.9 Å². The molecular formula is C19H27N5O2. The highest BCUT2D eigenvalue weighted by atomic mass is 16.2. The van der Waals surface area contributed by atoms with E-state index in [2.05, 4.69) is 39.5 Å². The van der Waals surface area contributed by atoms with Gasteiger partial charge in [0.25, 0.3) is 0 Å². The lowest BCUT2D eigenvalue weighted by Crippen LogP contribution is -2.40. The summed E-state index contributed by atoms with van der Waals surface area (Å²) in [6.07, 6.45) is 3.30. The molecule has 0 bridgehead atoms. The van der Waals surface area contributed by atoms with E-state index >= 15 is 0 Å². The van der Waals surface area contributed by atoms with E-state index in [-0.39, 0.29) is 11.6 Å². The molecule has 0 spiro atoms. The number of likely N-dealkylation sites (N-methyl/N-ethyl adjacent to an activating group) is 1. The number of rotatable bonds is 7. The number of benzene rings is 1. The second kappa shape index (κ2) is 8.80. The van der Waals surface area contributed by atoms with Gasteiger partial charge < -0.3 is 5.32 Å². The maximum Gasteiger partial charge on any atom is 0.344 e. The van der Waals surface area contributed by atoms with Gasteiger partial charge in [-0.3, -0.25) is 14.3 Å². The van der Waals surface area contributed by atoms with Crippen LogP contribution in [0.3, 0.4) is 0 Å². The van der Waals surface area contributed by atoms with Crippen molar-refractivity contribution in [1.82, 2.24) is 25.0 Å². The molecule has 7 nitrogen and oxygen atoms in total. The first-order valence-corrected chi connectivity index (χ1v) is 9.38. The van der Waals surface area contributed by atoms with Crippen molar-refractivity contribution in [2.45, 2.75) is 45.2 Å². The van der Waals surface area contributed by atoms with Crippen LogP contribution in [0.5, 0.6) is 0 Å². The summed E-state index contributed by atoms with van der Waals surface area (Å²) in [5.74, 6) is 0.597. The van der Waals surface area contributed by atoms with Crippen LogP contribution in [0.15, 0.2) is 35.1 Å². The minimum atomic E-state index is -0.456. The molecule has 2 aromatic rings. The van der Waals surface area contributed by atoms with E-state index < -0.39 is 6.04 Å². The number of H-pyrrole nitrogens is 1. The van der Waals surface area contributed by atoms with Gasteiger partial charge in [0.05, 0.1) is 0 Å². The summed E-state index contributed by atoms with van der Waals surface area (Å²) in [5.41, 5.74) is 0.973. The fourth-order valence-corrected chi connectivity index (χ4v) is 3.48. The lowest BCUT2D eigenvalue weighted by Gasteiger charge is -2.22. The minimum absolute atomic E-state index is 0.0904. The van der Waals surface area contributed by atoms with Gasteiger partial charge in [0.2, 0.25) is 5.91 Å². The number of amides is 1. The lowest BCUT2D eigenvalue weighted by atomic mass is 10.1. The first-order chi connectivity index (χ1) is 12.7. The van der Waals surface area contributed by atoms with Gasteiger partial charge in [-0.25, -0.2) is 9.89 Å². The van der Waals surface area contributed by atoms with Crippen molar-refractivity contribution < 1.29 is 4.79 Å². The third-order valence-corrected chi connectivity index (χ3v) is 4.94. The number of nitrogens with zero attached hydrogens (tertiary/aromatic N) is 3. The van der Waals surface area contributed by atoms with Crippen LogP contribution in [0.2, 0.25) is 0 Å². The van der Waals surface area contributed by atoms with Gasteiger partial charge in [-0.2, -0.15) is 5.10 Å². The van der Waals surface area contributed by atoms with E-state index in [0.717, 1.165) is 38.9 Å². The van der Waals surface area contributed by atoms with Crippen LogP contribution in [0.4, 0.5) is 0 Å². The van der Waals surface area contributed by atoms with Crippen LogP contribution in [0, 0.1) is 0 Å². The van der Waals surface area contributed by atoms with Crippen LogP contribution in [0.1, 0.15) is 43.6 Å². The molecule has 26 heavy (non-hydrogen) atoms. The predicted octanol–water partition coefficient (Wildman–Crippen LogP) is 1.48. The molecule has 0 radical (unpaired) electrons. The highest BCUT2D eigenvalue weighted by Gasteiger charge is 2.27. The number of hydrogen-bond donors (Lipinski definition) is 2. The summed E-state index contributed by atoms with van der Waals surface area (Å²) in [5, 5.41) is 9.53. The van der Waals surface area contributed by atoms with Crippen LogP contribution in [-0.4, -0.2) is 45.2 Å². The zero-order chi connectivity index (χ0) is 18.4. The maximum atomic E-state index is 12.7. The van der Waals surface area contributed by atoms with Crippen molar-refractivity contribution in [3.05, 3.63) is 52.2 Å². The topological polar surface area (TPSA) is 83.0 Å². The van der Waals surface area contributed by atoms with Crippen molar-refractivity contribution in [2.24, 2.45) is 0 Å². The molecule has 1 atom stereocenters. The van der Waals surface area contributed by atoms with Gasteiger partial charge in [-0.1, -0.05) is 43.7 Å². The molecule has 1 amide bonds. The summed E-state index contributed by atoms with van der Waals surface area (Å²) in [4.78, 5) is 27.0. The van der Waals surface area contributed by atoms with Gasteiger partial charge in [0, 0.05) is 26.1 Å². The van der Waals surface area contributed by atoms with E-state index in [1.165, 1.54) is 10.1 Å². The normalized spacial score (nSPS) is 16.9. The summed E-state index contributed by atoms with van der Waals surface area (Å²) in [7, 11) is 0. The SMILES string of the molecule is CCN(CCNC(=O)C1CCCCc2n[nH]c(=O)n21)Cc1ccccc1. The summed E-state index contributed by atoms with van der Waals surface area (Å²) < 4.78 is 1.53. The average Bonchev–Trinajstić information content (AvgIpc) is 2.89. The standard InChI is InChI=1S/C19H27N5O2/c1-2-23(14-15-8-4-3-5-9-15)13-12-20-18(25)16-10-6-7-11-17-21-22-19(26)24(16)17/h3-5,8-9,16H,2,6-7,10-14H2,1H3,(H,20,25)(H,22,26). The highest BCUT2D eigenvalue weighted by Crippen LogP contribution is 2.20. The quantitative estimate of drug-likeness (QED) is 0.786. The third kappa shape index (κ3) is 4.40. The number of carbonyl (C=O) groups is 1. The molecule has 1 aromatic carbocycles. The van der Waals surface area contributed by atoms with E-state index in [4.69, 9.17) is 0 Å². The number of nitrogens with one attached hydrogen (secondary N) is 2. The smallest absolute Gasteiger partial charge is 0.344 e. The van der Waals surface area contributed by atoms with Crippen LogP contribution in [-0.2, 0) is 17.8 Å².